The third-order valence-electron chi connectivity index (χ3n) is 3.58. The summed E-state index contributed by atoms with van der Waals surface area (Å²) in [6.07, 6.45) is 0.0850. The minimum atomic E-state index is -0.241. The summed E-state index contributed by atoms with van der Waals surface area (Å²) in [4.78, 5) is 25.5. The first kappa shape index (κ1) is 14.5. The largest absolute Gasteiger partial charge is 0.341 e. The van der Waals surface area contributed by atoms with Crippen molar-refractivity contribution in [2.45, 2.75) is 19.9 Å². The molecule has 0 unspecified atom stereocenters. The van der Waals surface area contributed by atoms with Gasteiger partial charge in [0.25, 0.3) is 5.56 Å². The maximum atomic E-state index is 12.3. The fourth-order valence-electron chi connectivity index (χ4n) is 2.26. The second-order valence-electron chi connectivity index (χ2n) is 5.20. The first-order valence-electron chi connectivity index (χ1n) is 6.76. The topological polar surface area (TPSA) is 94.7 Å². The lowest BCUT2D eigenvalue weighted by Crippen LogP contribution is -2.29. The molecule has 0 aliphatic carbocycles. The first-order chi connectivity index (χ1) is 10.5. The van der Waals surface area contributed by atoms with Crippen LogP contribution in [-0.2, 0) is 17.8 Å². The molecule has 0 saturated heterocycles. The summed E-state index contributed by atoms with van der Waals surface area (Å²) in [7, 11) is 1.72. The molecule has 0 aliphatic rings. The van der Waals surface area contributed by atoms with Crippen molar-refractivity contribution >= 4 is 28.7 Å². The van der Waals surface area contributed by atoms with E-state index in [9.17, 15) is 9.59 Å². The van der Waals surface area contributed by atoms with Crippen LogP contribution in [0.15, 0.2) is 23.0 Å². The van der Waals surface area contributed by atoms with Gasteiger partial charge in [-0.05, 0) is 24.6 Å². The van der Waals surface area contributed by atoms with Gasteiger partial charge < -0.3 is 10.00 Å². The third-order valence-corrected chi connectivity index (χ3v) is 4.14. The van der Waals surface area contributed by atoms with Gasteiger partial charge >= 0.3 is 0 Å². The Morgan fingerprint density at radius 3 is 2.77 bits per heavy atom. The highest BCUT2D eigenvalue weighted by Gasteiger charge is 2.15. The Labute approximate surface area is 130 Å². The molecule has 7 nitrogen and oxygen atoms in total. The lowest BCUT2D eigenvalue weighted by molar-refractivity contribution is -0.129. The van der Waals surface area contributed by atoms with Crippen LogP contribution in [0.4, 0.5) is 0 Å². The van der Waals surface area contributed by atoms with Gasteiger partial charge in [-0.1, -0.05) is 6.07 Å². The Hall–Kier alpha value is -2.48. The Balaban J connectivity index is 1.71. The Morgan fingerprint density at radius 1 is 1.27 bits per heavy atom. The number of rotatable bonds is 4. The summed E-state index contributed by atoms with van der Waals surface area (Å²) in [5, 5.41) is 5.21. The van der Waals surface area contributed by atoms with Crippen LogP contribution in [-0.4, -0.2) is 36.8 Å². The lowest BCUT2D eigenvalue weighted by Gasteiger charge is -2.17. The minimum Gasteiger partial charge on any atom is -0.341 e. The van der Waals surface area contributed by atoms with Crippen molar-refractivity contribution in [1.82, 2.24) is 23.8 Å². The van der Waals surface area contributed by atoms with Crippen LogP contribution in [0.1, 0.15) is 16.8 Å². The van der Waals surface area contributed by atoms with E-state index in [2.05, 4.69) is 18.9 Å². The summed E-state index contributed by atoms with van der Waals surface area (Å²) in [5.41, 5.74) is 3.61. The molecule has 22 heavy (non-hydrogen) atoms. The molecule has 1 aromatic carbocycles. The maximum absolute atomic E-state index is 12.3. The van der Waals surface area contributed by atoms with Gasteiger partial charge in [0.15, 0.2) is 0 Å². The number of carbonyl (C=O) groups excluding carboxylic acids is 1. The van der Waals surface area contributed by atoms with Crippen LogP contribution in [0.3, 0.4) is 0 Å². The number of nitrogens with zero attached hydrogens (tertiary/aromatic N) is 3. The van der Waals surface area contributed by atoms with Gasteiger partial charge in [-0.15, -0.1) is 0 Å². The third kappa shape index (κ3) is 2.77. The van der Waals surface area contributed by atoms with Gasteiger partial charge in [0.1, 0.15) is 11.0 Å². The number of amides is 1. The number of aryl methyl sites for hydroxylation is 1. The predicted molar refractivity (Wildman–Crippen MR) is 83.7 cm³/mol. The van der Waals surface area contributed by atoms with E-state index >= 15 is 0 Å². The van der Waals surface area contributed by atoms with E-state index in [0.717, 1.165) is 16.6 Å². The SMILES string of the molecule is Cc1[nH][nH]c(=O)c1CC(=O)N(C)Cc1ccc2nsnc2c1. The molecule has 0 saturated carbocycles. The maximum Gasteiger partial charge on any atom is 0.267 e. The van der Waals surface area contributed by atoms with E-state index in [4.69, 9.17) is 0 Å². The number of carbonyl (C=O) groups is 1. The van der Waals surface area contributed by atoms with Crippen LogP contribution in [0.25, 0.3) is 11.0 Å². The summed E-state index contributed by atoms with van der Waals surface area (Å²) in [6.45, 7) is 2.23. The molecule has 0 aliphatic heterocycles. The normalized spacial score (nSPS) is 11.0. The fourth-order valence-corrected chi connectivity index (χ4v) is 2.78. The number of hydrogen-bond donors (Lipinski definition) is 2. The number of aromatic nitrogens is 4. The van der Waals surface area contributed by atoms with Gasteiger partial charge in [0.05, 0.1) is 18.1 Å². The van der Waals surface area contributed by atoms with E-state index in [1.165, 1.54) is 11.7 Å². The van der Waals surface area contributed by atoms with Gasteiger partial charge in [-0.25, -0.2) is 0 Å². The molecule has 3 aromatic rings. The Bertz CT molecular complexity index is 879. The number of likely N-dealkylation sites (N-methyl/N-ethyl adjacent to an activating group) is 1. The molecule has 0 bridgehead atoms. The lowest BCUT2D eigenvalue weighted by atomic mass is 10.1. The van der Waals surface area contributed by atoms with Crippen molar-refractivity contribution in [3.05, 3.63) is 45.4 Å². The van der Waals surface area contributed by atoms with Gasteiger partial charge in [-0.2, -0.15) is 8.75 Å². The number of benzene rings is 1. The number of H-pyrrole nitrogens is 2. The fraction of sp³-hybridized carbons (Fsp3) is 0.286. The van der Waals surface area contributed by atoms with E-state index in [-0.39, 0.29) is 17.9 Å². The highest BCUT2D eigenvalue weighted by atomic mass is 32.1. The van der Waals surface area contributed by atoms with Crippen molar-refractivity contribution in [1.29, 1.82) is 0 Å². The zero-order valence-corrected chi connectivity index (χ0v) is 13.0. The monoisotopic (exact) mass is 317 g/mol. The number of nitrogens with one attached hydrogen (secondary N) is 2. The van der Waals surface area contributed by atoms with Crippen molar-refractivity contribution in [3.8, 4) is 0 Å². The predicted octanol–water partition coefficient (Wildman–Crippen LogP) is 1.22. The molecule has 3 rings (SSSR count). The summed E-state index contributed by atoms with van der Waals surface area (Å²) in [5.74, 6) is -0.107. The molecule has 0 spiro atoms. The molecule has 8 heteroatoms. The molecule has 0 radical (unpaired) electrons. The van der Waals surface area contributed by atoms with E-state index in [1.54, 1.807) is 18.9 Å². The molecule has 114 valence electrons. The molecule has 0 atom stereocenters. The first-order valence-corrected chi connectivity index (χ1v) is 7.49. The van der Waals surface area contributed by atoms with Crippen molar-refractivity contribution < 1.29 is 4.79 Å². The van der Waals surface area contributed by atoms with Crippen LogP contribution in [0, 0.1) is 6.92 Å². The zero-order chi connectivity index (χ0) is 15.7. The average Bonchev–Trinajstić information content (AvgIpc) is 3.08. The molecule has 1 amide bonds. The second kappa shape index (κ2) is 5.72. The van der Waals surface area contributed by atoms with Crippen molar-refractivity contribution in [2.24, 2.45) is 0 Å². The highest BCUT2D eigenvalue weighted by Crippen LogP contribution is 2.15. The van der Waals surface area contributed by atoms with Crippen LogP contribution in [0.5, 0.6) is 0 Å². The van der Waals surface area contributed by atoms with E-state index < -0.39 is 0 Å². The van der Waals surface area contributed by atoms with Crippen molar-refractivity contribution in [3.63, 3.8) is 0 Å². The molecule has 2 aromatic heterocycles. The van der Waals surface area contributed by atoms with E-state index in [1.807, 2.05) is 18.2 Å². The van der Waals surface area contributed by atoms with Crippen LogP contribution >= 0.6 is 11.7 Å². The van der Waals surface area contributed by atoms with Crippen LogP contribution < -0.4 is 5.56 Å². The molecule has 2 heterocycles. The quantitative estimate of drug-likeness (QED) is 0.756. The number of hydrogen-bond acceptors (Lipinski definition) is 5. The Morgan fingerprint density at radius 2 is 2.05 bits per heavy atom. The van der Waals surface area contributed by atoms with Gasteiger partial charge in [0, 0.05) is 24.8 Å². The Kier molecular flexibility index (Phi) is 3.76. The number of fused-ring (bicyclic) bond motifs is 1. The minimum absolute atomic E-state index is 0.0850. The van der Waals surface area contributed by atoms with Crippen LogP contribution in [0.2, 0.25) is 0 Å². The average molecular weight is 317 g/mol. The van der Waals surface area contributed by atoms with Crippen molar-refractivity contribution in [2.75, 3.05) is 7.05 Å². The zero-order valence-electron chi connectivity index (χ0n) is 12.2. The standard InChI is InChI=1S/C14H15N5O2S/c1-8-10(14(21)16-15-8)6-13(20)19(2)7-9-3-4-11-12(5-9)18-22-17-11/h3-5H,6-7H2,1-2H3,(H2,15,16,21). The molecule has 0 fully saturated rings. The molecular weight excluding hydrogens is 302 g/mol. The molecular formula is C14H15N5O2S. The number of aromatic amines is 2. The summed E-state index contributed by atoms with van der Waals surface area (Å²) >= 11 is 1.17. The highest BCUT2D eigenvalue weighted by molar-refractivity contribution is 7.00. The van der Waals surface area contributed by atoms with Gasteiger partial charge in [-0.3, -0.25) is 14.7 Å². The van der Waals surface area contributed by atoms with E-state index in [0.29, 0.717) is 17.8 Å². The summed E-state index contributed by atoms with van der Waals surface area (Å²) < 4.78 is 8.34. The second-order valence-corrected chi connectivity index (χ2v) is 5.72. The smallest absolute Gasteiger partial charge is 0.267 e. The van der Waals surface area contributed by atoms with Gasteiger partial charge in [0.2, 0.25) is 5.91 Å². The summed E-state index contributed by atoms with van der Waals surface area (Å²) in [6, 6.07) is 5.76. The molecule has 2 N–H and O–H groups in total.